The summed E-state index contributed by atoms with van der Waals surface area (Å²) in [4.78, 5) is 14.9. The monoisotopic (exact) mass is 542 g/mol. The van der Waals surface area contributed by atoms with E-state index in [9.17, 15) is 4.79 Å². The van der Waals surface area contributed by atoms with E-state index in [0.29, 0.717) is 18.9 Å². The average molecular weight is 543 g/mol. The number of carbonyl (C=O) groups is 1. The first-order valence-corrected chi connectivity index (χ1v) is 14.4. The van der Waals surface area contributed by atoms with Gasteiger partial charge >= 0.3 is 0 Å². The number of nitrogens with zero attached hydrogens (tertiary/aromatic N) is 1. The molecule has 1 atom stereocenters. The van der Waals surface area contributed by atoms with Crippen LogP contribution in [-0.2, 0) is 15.6 Å². The lowest BCUT2D eigenvalue weighted by Gasteiger charge is -2.32. The first kappa shape index (κ1) is 28.4. The predicted octanol–water partition coefficient (Wildman–Crippen LogP) is 5.65. The van der Waals surface area contributed by atoms with Crippen LogP contribution in [0.25, 0.3) is 0 Å². The fourth-order valence-corrected chi connectivity index (χ4v) is 6.00. The van der Waals surface area contributed by atoms with Gasteiger partial charge in [-0.15, -0.1) is 11.8 Å². The molecule has 1 N–H and O–H groups in total. The van der Waals surface area contributed by atoms with Crippen LogP contribution in [0.3, 0.4) is 0 Å². The van der Waals surface area contributed by atoms with Crippen LogP contribution in [0.1, 0.15) is 70.0 Å². The Kier molecular flexibility index (Phi) is 8.72. The van der Waals surface area contributed by atoms with E-state index in [2.05, 4.69) is 59.0 Å². The lowest BCUT2D eigenvalue weighted by Crippen LogP contribution is -2.32. The highest BCUT2D eigenvalue weighted by atomic mass is 32.2. The van der Waals surface area contributed by atoms with E-state index in [1.54, 1.807) is 18.9 Å². The SMILES string of the molecule is COc1c(C(C)(C)C)cc(C2SCC(=O)N2CCCNCCOc2ccc3c(c2)OCO3)cc1C(C)(C)C. The maximum absolute atomic E-state index is 12.9. The van der Waals surface area contributed by atoms with Crippen molar-refractivity contribution >= 4 is 17.7 Å². The molecule has 7 nitrogen and oxygen atoms in total. The number of ether oxygens (including phenoxy) is 4. The number of carbonyl (C=O) groups excluding carboxylic acids is 1. The maximum atomic E-state index is 12.9. The van der Waals surface area contributed by atoms with E-state index in [4.69, 9.17) is 18.9 Å². The second-order valence-electron chi connectivity index (χ2n) is 11.9. The van der Waals surface area contributed by atoms with Crippen LogP contribution >= 0.6 is 11.8 Å². The Balaban J connectivity index is 1.34. The normalized spacial score (nSPS) is 17.3. The van der Waals surface area contributed by atoms with Crippen molar-refractivity contribution < 1.29 is 23.7 Å². The molecule has 8 heteroatoms. The van der Waals surface area contributed by atoms with Crippen LogP contribution in [0.2, 0.25) is 0 Å². The quantitative estimate of drug-likeness (QED) is 0.389. The van der Waals surface area contributed by atoms with Gasteiger partial charge in [0.1, 0.15) is 23.5 Å². The van der Waals surface area contributed by atoms with Crippen LogP contribution in [0, 0.1) is 0 Å². The van der Waals surface area contributed by atoms with Gasteiger partial charge in [0.25, 0.3) is 0 Å². The van der Waals surface area contributed by atoms with E-state index < -0.39 is 0 Å². The Labute approximate surface area is 231 Å². The topological polar surface area (TPSA) is 69.3 Å². The Morgan fingerprint density at radius 3 is 2.34 bits per heavy atom. The lowest BCUT2D eigenvalue weighted by atomic mass is 9.78. The summed E-state index contributed by atoms with van der Waals surface area (Å²) in [6, 6.07) is 10.1. The molecule has 1 amide bonds. The fourth-order valence-electron chi connectivity index (χ4n) is 4.81. The molecule has 0 aliphatic carbocycles. The third kappa shape index (κ3) is 6.52. The van der Waals surface area contributed by atoms with Gasteiger partial charge < -0.3 is 29.2 Å². The van der Waals surface area contributed by atoms with Crippen LogP contribution in [0.4, 0.5) is 0 Å². The minimum absolute atomic E-state index is 0.0185. The standard InChI is InChI=1S/C30H42N2O5S/c1-29(2,3)22-15-20(16-23(27(22)34-7)30(4,5)6)28-32(26(33)18-38-28)13-8-11-31-12-14-35-21-9-10-24-25(17-21)37-19-36-24/h9-10,15-17,28,31H,8,11-14,18-19H2,1-7H3. The van der Waals surface area contributed by atoms with Crippen LogP contribution < -0.4 is 24.3 Å². The molecule has 0 radical (unpaired) electrons. The third-order valence-electron chi connectivity index (χ3n) is 6.83. The molecule has 2 aromatic rings. The zero-order chi connectivity index (χ0) is 27.5. The largest absolute Gasteiger partial charge is 0.496 e. The number of benzene rings is 2. The van der Waals surface area contributed by atoms with Crippen molar-refractivity contribution in [1.82, 2.24) is 10.2 Å². The molecule has 1 fully saturated rings. The van der Waals surface area contributed by atoms with E-state index in [0.717, 1.165) is 42.5 Å². The summed E-state index contributed by atoms with van der Waals surface area (Å²) in [5, 5.41) is 3.45. The number of thioether (sulfide) groups is 1. The molecular weight excluding hydrogens is 500 g/mol. The second-order valence-corrected chi connectivity index (χ2v) is 12.9. The van der Waals surface area contributed by atoms with Crippen molar-refractivity contribution in [3.63, 3.8) is 0 Å². The van der Waals surface area contributed by atoms with Crippen LogP contribution in [0.15, 0.2) is 30.3 Å². The van der Waals surface area contributed by atoms with Gasteiger partial charge in [0.05, 0.1) is 12.9 Å². The molecule has 2 aliphatic heterocycles. The molecule has 0 bridgehead atoms. The molecule has 2 heterocycles. The minimum atomic E-state index is -0.0773. The van der Waals surface area contributed by atoms with E-state index >= 15 is 0 Å². The summed E-state index contributed by atoms with van der Waals surface area (Å²) in [6.45, 7) is 16.4. The van der Waals surface area contributed by atoms with Crippen LogP contribution in [-0.4, -0.2) is 56.7 Å². The van der Waals surface area contributed by atoms with E-state index in [-0.39, 0.29) is 28.9 Å². The minimum Gasteiger partial charge on any atom is -0.496 e. The van der Waals surface area contributed by atoms with Crippen molar-refractivity contribution in [3.8, 4) is 23.0 Å². The highest BCUT2D eigenvalue weighted by Crippen LogP contribution is 2.46. The van der Waals surface area contributed by atoms with Crippen molar-refractivity contribution in [3.05, 3.63) is 47.0 Å². The summed E-state index contributed by atoms with van der Waals surface area (Å²) in [5.41, 5.74) is 3.40. The summed E-state index contributed by atoms with van der Waals surface area (Å²) in [5.74, 6) is 3.92. The molecular formula is C30H42N2O5S. The Morgan fingerprint density at radius 1 is 1.00 bits per heavy atom. The molecule has 2 aromatic carbocycles. The summed E-state index contributed by atoms with van der Waals surface area (Å²) >= 11 is 1.72. The van der Waals surface area contributed by atoms with Gasteiger partial charge in [-0.2, -0.15) is 0 Å². The summed E-state index contributed by atoms with van der Waals surface area (Å²) in [7, 11) is 1.76. The lowest BCUT2D eigenvalue weighted by molar-refractivity contribution is -0.128. The second kappa shape index (κ2) is 11.7. The third-order valence-corrected chi connectivity index (χ3v) is 8.08. The van der Waals surface area contributed by atoms with Crippen molar-refractivity contribution in [2.45, 2.75) is 64.2 Å². The molecule has 1 saturated heterocycles. The van der Waals surface area contributed by atoms with Gasteiger partial charge in [0.15, 0.2) is 11.5 Å². The highest BCUT2D eigenvalue weighted by Gasteiger charge is 2.35. The Morgan fingerprint density at radius 2 is 1.68 bits per heavy atom. The summed E-state index contributed by atoms with van der Waals surface area (Å²) in [6.07, 6.45) is 0.876. The predicted molar refractivity (Wildman–Crippen MR) is 153 cm³/mol. The number of nitrogens with one attached hydrogen (secondary N) is 1. The van der Waals surface area contributed by atoms with Gasteiger partial charge in [-0.1, -0.05) is 41.5 Å². The van der Waals surface area contributed by atoms with Gasteiger partial charge in [0.2, 0.25) is 12.7 Å². The van der Waals surface area contributed by atoms with Gasteiger partial charge in [-0.25, -0.2) is 0 Å². The maximum Gasteiger partial charge on any atom is 0.233 e. The van der Waals surface area contributed by atoms with E-state index in [1.807, 2.05) is 23.1 Å². The molecule has 208 valence electrons. The highest BCUT2D eigenvalue weighted by molar-refractivity contribution is 8.00. The molecule has 38 heavy (non-hydrogen) atoms. The van der Waals surface area contributed by atoms with Crippen LogP contribution in [0.5, 0.6) is 23.0 Å². The zero-order valence-corrected chi connectivity index (χ0v) is 24.6. The van der Waals surface area contributed by atoms with Gasteiger partial charge in [0, 0.05) is 30.3 Å². The molecule has 2 aliphatic rings. The number of hydrogen-bond donors (Lipinski definition) is 1. The van der Waals surface area contributed by atoms with Crippen molar-refractivity contribution in [1.29, 1.82) is 0 Å². The van der Waals surface area contributed by atoms with Gasteiger partial charge in [-0.3, -0.25) is 4.79 Å². The Hall–Kier alpha value is -2.58. The fraction of sp³-hybridized carbons (Fsp3) is 0.567. The first-order chi connectivity index (χ1) is 18.0. The van der Waals surface area contributed by atoms with Crippen molar-refractivity contribution in [2.24, 2.45) is 0 Å². The molecule has 0 saturated carbocycles. The number of amides is 1. The average Bonchev–Trinajstić information content (AvgIpc) is 3.47. The van der Waals surface area contributed by atoms with Gasteiger partial charge in [-0.05, 0) is 53.6 Å². The number of fused-ring (bicyclic) bond motifs is 1. The number of hydrogen-bond acceptors (Lipinski definition) is 7. The molecule has 4 rings (SSSR count). The number of rotatable bonds is 10. The van der Waals surface area contributed by atoms with E-state index in [1.165, 1.54) is 16.7 Å². The zero-order valence-electron chi connectivity index (χ0n) is 23.8. The molecule has 1 unspecified atom stereocenters. The first-order valence-electron chi connectivity index (χ1n) is 13.4. The Bertz CT molecular complexity index is 1100. The molecule has 0 spiro atoms. The van der Waals surface area contributed by atoms with Crippen molar-refractivity contribution in [2.75, 3.05) is 45.9 Å². The number of methoxy groups -OCH3 is 1. The smallest absolute Gasteiger partial charge is 0.233 e. The molecule has 0 aromatic heterocycles. The summed E-state index contributed by atoms with van der Waals surface area (Å²) < 4.78 is 22.5.